The van der Waals surface area contributed by atoms with Crippen LogP contribution in [0.4, 0.5) is 5.69 Å². The highest BCUT2D eigenvalue weighted by Gasteiger charge is 2.00. The molecule has 118 valence electrons. The Balaban J connectivity index is 2.24. The Labute approximate surface area is 139 Å². The number of anilines is 1. The standard InChI is InChI=1S/C22H25N/c1-4-6-14-21-18(3)11-9-15-22(21)23-17-16-20-13-8-7-12-19(20)10-5-2/h5-16,23H,2,4,17H2,1,3H3/b14-6-,19-10-,20-16-. The number of hydrogen-bond donors (Lipinski definition) is 1. The molecule has 0 radical (unpaired) electrons. The topological polar surface area (TPSA) is 12.0 Å². The Morgan fingerprint density at radius 3 is 2.57 bits per heavy atom. The molecule has 0 aliphatic heterocycles. The monoisotopic (exact) mass is 303 g/mol. The summed E-state index contributed by atoms with van der Waals surface area (Å²) < 4.78 is 0. The van der Waals surface area contributed by atoms with Crippen molar-refractivity contribution in [1.82, 2.24) is 0 Å². The van der Waals surface area contributed by atoms with E-state index in [1.54, 1.807) is 0 Å². The second-order valence-corrected chi connectivity index (χ2v) is 5.46. The molecular weight excluding hydrogens is 278 g/mol. The summed E-state index contributed by atoms with van der Waals surface area (Å²) in [5, 5.41) is 5.95. The molecule has 0 aromatic heterocycles. The fourth-order valence-electron chi connectivity index (χ4n) is 2.54. The fourth-order valence-corrected chi connectivity index (χ4v) is 2.54. The molecule has 1 N–H and O–H groups in total. The number of allylic oxidation sites excluding steroid dienone is 2. The van der Waals surface area contributed by atoms with Gasteiger partial charge in [-0.05, 0) is 35.4 Å². The summed E-state index contributed by atoms with van der Waals surface area (Å²) in [5.41, 5.74) is 3.74. The van der Waals surface area contributed by atoms with Gasteiger partial charge < -0.3 is 5.32 Å². The van der Waals surface area contributed by atoms with E-state index in [1.165, 1.54) is 27.3 Å². The van der Waals surface area contributed by atoms with E-state index in [1.807, 2.05) is 18.2 Å². The molecule has 0 atom stereocenters. The van der Waals surface area contributed by atoms with Gasteiger partial charge in [0.25, 0.3) is 0 Å². The zero-order chi connectivity index (χ0) is 16.5. The lowest BCUT2D eigenvalue weighted by molar-refractivity contribution is 1.23. The van der Waals surface area contributed by atoms with Crippen molar-refractivity contribution >= 4 is 23.9 Å². The van der Waals surface area contributed by atoms with Crippen molar-refractivity contribution < 1.29 is 0 Å². The van der Waals surface area contributed by atoms with Crippen molar-refractivity contribution in [2.45, 2.75) is 20.3 Å². The molecule has 0 heterocycles. The molecule has 0 amide bonds. The second-order valence-electron chi connectivity index (χ2n) is 5.46. The van der Waals surface area contributed by atoms with E-state index in [0.717, 1.165) is 13.0 Å². The Morgan fingerprint density at radius 1 is 1.04 bits per heavy atom. The van der Waals surface area contributed by atoms with Gasteiger partial charge in [0.2, 0.25) is 0 Å². The Morgan fingerprint density at radius 2 is 1.83 bits per heavy atom. The number of aryl methyl sites for hydroxylation is 1. The van der Waals surface area contributed by atoms with E-state index >= 15 is 0 Å². The molecule has 0 bridgehead atoms. The molecule has 0 aliphatic rings. The largest absolute Gasteiger partial charge is 0.381 e. The first kappa shape index (κ1) is 16.8. The average molecular weight is 303 g/mol. The van der Waals surface area contributed by atoms with Crippen LogP contribution in [0, 0.1) is 6.92 Å². The Bertz CT molecular complexity index is 797. The third-order valence-electron chi connectivity index (χ3n) is 3.75. The first-order valence-electron chi connectivity index (χ1n) is 8.14. The number of nitrogens with one attached hydrogen (secondary N) is 1. The van der Waals surface area contributed by atoms with Gasteiger partial charge in [-0.1, -0.05) is 80.3 Å². The summed E-state index contributed by atoms with van der Waals surface area (Å²) in [6.07, 6.45) is 11.5. The van der Waals surface area contributed by atoms with Gasteiger partial charge in [-0.2, -0.15) is 0 Å². The van der Waals surface area contributed by atoms with Crippen LogP contribution in [0.2, 0.25) is 0 Å². The van der Waals surface area contributed by atoms with Crippen LogP contribution >= 0.6 is 0 Å². The minimum atomic E-state index is 0.790. The summed E-state index contributed by atoms with van der Waals surface area (Å²) in [4.78, 5) is 0. The molecular formula is C22H25N. The van der Waals surface area contributed by atoms with E-state index in [4.69, 9.17) is 0 Å². The Kier molecular flexibility index (Phi) is 6.43. The maximum atomic E-state index is 3.78. The average Bonchev–Trinajstić information content (AvgIpc) is 2.56. The lowest BCUT2D eigenvalue weighted by Crippen LogP contribution is -2.24. The van der Waals surface area contributed by atoms with Crippen LogP contribution < -0.4 is 15.8 Å². The quantitative estimate of drug-likeness (QED) is 0.840. The van der Waals surface area contributed by atoms with Crippen molar-refractivity contribution in [3.05, 3.63) is 82.8 Å². The van der Waals surface area contributed by atoms with E-state index in [-0.39, 0.29) is 0 Å². The number of rotatable bonds is 6. The van der Waals surface area contributed by atoms with Crippen LogP contribution in [0.5, 0.6) is 0 Å². The van der Waals surface area contributed by atoms with Gasteiger partial charge in [0.15, 0.2) is 0 Å². The van der Waals surface area contributed by atoms with Crippen molar-refractivity contribution in [2.75, 3.05) is 11.9 Å². The molecule has 0 saturated carbocycles. The van der Waals surface area contributed by atoms with Crippen LogP contribution in [0.15, 0.2) is 61.2 Å². The Hall–Kier alpha value is -2.54. The minimum Gasteiger partial charge on any atom is -0.381 e. The summed E-state index contributed by atoms with van der Waals surface area (Å²) >= 11 is 0. The van der Waals surface area contributed by atoms with Gasteiger partial charge in [0, 0.05) is 17.8 Å². The van der Waals surface area contributed by atoms with Crippen molar-refractivity contribution in [2.24, 2.45) is 0 Å². The van der Waals surface area contributed by atoms with Crippen LogP contribution in [0.1, 0.15) is 24.5 Å². The highest BCUT2D eigenvalue weighted by Crippen LogP contribution is 2.21. The summed E-state index contributed by atoms with van der Waals surface area (Å²) in [5.74, 6) is 0. The fraction of sp³-hybridized carbons (Fsp3) is 0.182. The molecule has 2 aromatic rings. The van der Waals surface area contributed by atoms with Gasteiger partial charge in [-0.25, -0.2) is 0 Å². The maximum absolute atomic E-state index is 3.78. The van der Waals surface area contributed by atoms with Crippen molar-refractivity contribution in [3.8, 4) is 0 Å². The van der Waals surface area contributed by atoms with E-state index in [9.17, 15) is 0 Å². The molecule has 0 saturated heterocycles. The SMILES string of the molecule is C=C/C=c1/cccc/c1=C/CNc1cccc(C)c1/C=C\CC. The van der Waals surface area contributed by atoms with E-state index in [2.05, 4.69) is 80.4 Å². The van der Waals surface area contributed by atoms with Gasteiger partial charge in [0.05, 0.1) is 0 Å². The zero-order valence-corrected chi connectivity index (χ0v) is 14.0. The molecule has 1 heteroatoms. The number of hydrogen-bond acceptors (Lipinski definition) is 1. The third kappa shape index (κ3) is 4.72. The third-order valence-corrected chi connectivity index (χ3v) is 3.75. The number of benzene rings is 2. The van der Waals surface area contributed by atoms with Gasteiger partial charge in [-0.15, -0.1) is 0 Å². The van der Waals surface area contributed by atoms with E-state index < -0.39 is 0 Å². The lowest BCUT2D eigenvalue weighted by Gasteiger charge is -2.10. The van der Waals surface area contributed by atoms with Gasteiger partial charge >= 0.3 is 0 Å². The minimum absolute atomic E-state index is 0.790. The van der Waals surface area contributed by atoms with Crippen LogP contribution in [0.3, 0.4) is 0 Å². The van der Waals surface area contributed by atoms with Crippen molar-refractivity contribution in [3.63, 3.8) is 0 Å². The first-order valence-corrected chi connectivity index (χ1v) is 8.14. The molecule has 2 rings (SSSR count). The molecule has 0 spiro atoms. The predicted molar refractivity (Wildman–Crippen MR) is 104 cm³/mol. The molecule has 0 aliphatic carbocycles. The zero-order valence-electron chi connectivity index (χ0n) is 14.0. The predicted octanol–water partition coefficient (Wildman–Crippen LogP) is 4.28. The second kappa shape index (κ2) is 8.79. The van der Waals surface area contributed by atoms with Gasteiger partial charge in [0.1, 0.15) is 0 Å². The van der Waals surface area contributed by atoms with Crippen LogP contribution in [-0.2, 0) is 0 Å². The summed E-state index contributed by atoms with van der Waals surface area (Å²) in [6, 6.07) is 14.7. The summed E-state index contributed by atoms with van der Waals surface area (Å²) in [7, 11) is 0. The van der Waals surface area contributed by atoms with Crippen molar-refractivity contribution in [1.29, 1.82) is 0 Å². The molecule has 2 aromatic carbocycles. The smallest absolute Gasteiger partial charge is 0.0418 e. The first-order chi connectivity index (χ1) is 11.3. The summed E-state index contributed by atoms with van der Waals surface area (Å²) in [6.45, 7) is 8.88. The molecule has 1 nitrogen and oxygen atoms in total. The van der Waals surface area contributed by atoms with Gasteiger partial charge in [-0.3, -0.25) is 0 Å². The maximum Gasteiger partial charge on any atom is 0.0418 e. The normalized spacial score (nSPS) is 12.8. The molecule has 23 heavy (non-hydrogen) atoms. The van der Waals surface area contributed by atoms with E-state index in [0.29, 0.717) is 0 Å². The molecule has 0 unspecified atom stereocenters. The highest BCUT2D eigenvalue weighted by atomic mass is 14.9. The lowest BCUT2D eigenvalue weighted by atomic mass is 10.1. The van der Waals surface area contributed by atoms with Crippen LogP contribution in [-0.4, -0.2) is 6.54 Å². The van der Waals surface area contributed by atoms with Crippen LogP contribution in [0.25, 0.3) is 18.2 Å². The molecule has 0 fully saturated rings. The highest BCUT2D eigenvalue weighted by molar-refractivity contribution is 5.70.